The molecule has 10 heavy (non-hydrogen) atoms. The van der Waals surface area contributed by atoms with Crippen LogP contribution in [0.1, 0.15) is 0 Å². The number of hydrogen-bond acceptors (Lipinski definition) is 4. The molecule has 0 aliphatic rings. The minimum atomic E-state index is -1.28. The fraction of sp³-hybridized carbons (Fsp3) is 0.250. The Morgan fingerprint density at radius 1 is 1.80 bits per heavy atom. The van der Waals surface area contributed by atoms with E-state index in [2.05, 4.69) is 5.32 Å². The summed E-state index contributed by atoms with van der Waals surface area (Å²) in [4.78, 5) is 9.64. The minimum Gasteiger partial charge on any atom is -0.566 e. The molecule has 0 saturated heterocycles. The van der Waals surface area contributed by atoms with Gasteiger partial charge in [0.1, 0.15) is 6.20 Å². The minimum absolute atomic E-state index is 0. The molecule has 0 atom stereocenters. The van der Waals surface area contributed by atoms with E-state index in [0.717, 1.165) is 6.20 Å². The molecule has 0 rings (SSSR count). The first-order valence-corrected chi connectivity index (χ1v) is 2.17. The van der Waals surface area contributed by atoms with Crippen molar-refractivity contribution in [2.45, 2.75) is 0 Å². The number of rotatable bonds is 3. The number of carbonyl (C=O) groups excluding carboxylic acids is 1. The van der Waals surface area contributed by atoms with Crippen molar-refractivity contribution in [3.63, 3.8) is 0 Å². The van der Waals surface area contributed by atoms with Gasteiger partial charge < -0.3 is 25.4 Å². The normalized spacial score (nSPS) is 9.80. The molecule has 0 aliphatic carbocycles. The van der Waals surface area contributed by atoms with Crippen molar-refractivity contribution in [2.24, 2.45) is 0 Å². The van der Waals surface area contributed by atoms with E-state index in [1.165, 1.54) is 0 Å². The molecule has 0 heterocycles. The second kappa shape index (κ2) is 6.73. The van der Waals surface area contributed by atoms with E-state index in [4.69, 9.17) is 10.2 Å². The number of aliphatic hydroxyl groups excluding tert-OH is 1. The van der Waals surface area contributed by atoms with E-state index >= 15 is 0 Å². The summed E-state index contributed by atoms with van der Waals surface area (Å²) in [5.74, 6) is -2.00. The van der Waals surface area contributed by atoms with Crippen LogP contribution in [0.5, 0.6) is 0 Å². The van der Waals surface area contributed by atoms with E-state index in [0.29, 0.717) is 0 Å². The standard InChI is InChI=1S/C4H7NO4.Na/c6-3(7)1-5-2-4(8)9;/h1,5-7H,2H2,(H,8,9);/q;+1. The average molecular weight is 156 g/mol. The van der Waals surface area contributed by atoms with Gasteiger partial charge in [-0.3, -0.25) is 0 Å². The van der Waals surface area contributed by atoms with E-state index < -0.39 is 18.5 Å². The molecular weight excluding hydrogens is 149 g/mol. The Morgan fingerprint density at radius 2 is 2.30 bits per heavy atom. The summed E-state index contributed by atoms with van der Waals surface area (Å²) in [5, 5.41) is 26.2. The fourth-order valence-electron chi connectivity index (χ4n) is 0.231. The largest absolute Gasteiger partial charge is 1.00 e. The van der Waals surface area contributed by atoms with E-state index in [9.17, 15) is 9.90 Å². The van der Waals surface area contributed by atoms with Gasteiger partial charge in [0.15, 0.2) is 0 Å². The van der Waals surface area contributed by atoms with Gasteiger partial charge in [0.05, 0.1) is 12.5 Å². The smallest absolute Gasteiger partial charge is 0.566 e. The van der Waals surface area contributed by atoms with Crippen LogP contribution in [0.2, 0.25) is 0 Å². The predicted octanol–water partition coefficient (Wildman–Crippen LogP) is -5.59. The second-order valence-electron chi connectivity index (χ2n) is 1.28. The van der Waals surface area contributed by atoms with Crippen LogP contribution < -0.4 is 40.0 Å². The van der Waals surface area contributed by atoms with Crippen molar-refractivity contribution in [3.05, 3.63) is 12.1 Å². The van der Waals surface area contributed by atoms with Gasteiger partial charge in [0.2, 0.25) is 0 Å². The second-order valence-corrected chi connectivity index (χ2v) is 1.28. The summed E-state index contributed by atoms with van der Waals surface area (Å²) in [6, 6.07) is 0. The molecule has 0 fully saturated rings. The van der Waals surface area contributed by atoms with Crippen molar-refractivity contribution < 1.29 is 49.7 Å². The summed E-state index contributed by atoms with van der Waals surface area (Å²) in [6.45, 7) is -0.400. The van der Waals surface area contributed by atoms with Crippen LogP contribution in [0.4, 0.5) is 0 Å². The number of carbonyl (C=O) groups is 1. The number of aliphatic hydroxyl groups is 1. The Kier molecular flexibility index (Phi) is 8.27. The van der Waals surface area contributed by atoms with Crippen molar-refractivity contribution in [1.82, 2.24) is 5.32 Å². The summed E-state index contributed by atoms with van der Waals surface area (Å²) >= 11 is 0. The maximum absolute atomic E-state index is 9.64. The molecule has 6 heteroatoms. The van der Waals surface area contributed by atoms with Crippen LogP contribution in [0.3, 0.4) is 0 Å². The number of carboxylic acid groups (broad SMARTS) is 1. The Balaban J connectivity index is 0. The van der Waals surface area contributed by atoms with Crippen molar-refractivity contribution >= 4 is 5.97 Å². The molecule has 0 amide bonds. The summed E-state index contributed by atoms with van der Waals surface area (Å²) in [7, 11) is 0. The summed E-state index contributed by atoms with van der Waals surface area (Å²) in [5.41, 5.74) is 0. The number of carboxylic acids is 1. The zero-order chi connectivity index (χ0) is 7.28. The maximum atomic E-state index is 9.64. The van der Waals surface area contributed by atoms with Crippen LogP contribution in [0.15, 0.2) is 12.1 Å². The molecular formula is C4H7NNaO4+. The molecule has 5 nitrogen and oxygen atoms in total. The third kappa shape index (κ3) is 10.6. The zero-order valence-corrected chi connectivity index (χ0v) is 7.55. The average Bonchev–Trinajstić information content (AvgIpc) is 1.63. The molecule has 0 saturated carbocycles. The molecule has 0 unspecified atom stereocenters. The van der Waals surface area contributed by atoms with Crippen molar-refractivity contribution in [3.8, 4) is 0 Å². The third-order valence-electron chi connectivity index (χ3n) is 0.485. The molecule has 0 aromatic heterocycles. The van der Waals surface area contributed by atoms with Gasteiger partial charge in [-0.05, 0) is 0 Å². The first kappa shape index (κ1) is 12.3. The van der Waals surface area contributed by atoms with Crippen LogP contribution in [0, 0.1) is 0 Å². The van der Waals surface area contributed by atoms with Gasteiger partial charge in [-0.25, -0.2) is 0 Å². The first-order valence-electron chi connectivity index (χ1n) is 2.17. The Morgan fingerprint density at radius 3 is 2.60 bits per heavy atom. The monoisotopic (exact) mass is 156 g/mol. The zero-order valence-electron chi connectivity index (χ0n) is 5.55. The molecule has 0 aliphatic heterocycles. The van der Waals surface area contributed by atoms with Crippen LogP contribution in [0.25, 0.3) is 0 Å². The number of aliphatic carboxylic acids is 1. The van der Waals surface area contributed by atoms with Crippen molar-refractivity contribution in [2.75, 3.05) is 6.54 Å². The molecule has 0 aromatic carbocycles. The summed E-state index contributed by atoms with van der Waals surface area (Å²) < 4.78 is 0. The fourth-order valence-corrected chi connectivity index (χ4v) is 0.231. The van der Waals surface area contributed by atoms with E-state index in [1.54, 1.807) is 0 Å². The summed E-state index contributed by atoms with van der Waals surface area (Å²) in [6.07, 6.45) is 0.857. The van der Waals surface area contributed by atoms with Gasteiger partial charge >= 0.3 is 35.5 Å². The van der Waals surface area contributed by atoms with Gasteiger partial charge in [-0.2, -0.15) is 0 Å². The van der Waals surface area contributed by atoms with Gasteiger partial charge in [0.25, 0.3) is 0 Å². The Bertz CT molecular complexity index is 131. The molecule has 0 aromatic rings. The number of nitrogens with one attached hydrogen (secondary N) is 1. The first-order chi connectivity index (χ1) is 4.13. The van der Waals surface area contributed by atoms with Crippen LogP contribution in [-0.2, 0) is 4.79 Å². The molecule has 0 spiro atoms. The topological polar surface area (TPSA) is 95.3 Å². The predicted molar refractivity (Wildman–Crippen MR) is 27.3 cm³/mol. The van der Waals surface area contributed by atoms with Gasteiger partial charge in [-0.15, -0.1) is 0 Å². The van der Waals surface area contributed by atoms with E-state index in [1.807, 2.05) is 0 Å². The molecule has 0 bridgehead atoms. The SMILES string of the molecule is O=C([O-])CN/C=C(/O)[OH2+].[Na+]. The molecule has 0 radical (unpaired) electrons. The van der Waals surface area contributed by atoms with Crippen LogP contribution in [-0.4, -0.2) is 22.7 Å². The number of hydrogen-bond donors (Lipinski definition) is 2. The Labute approximate surface area is 79.7 Å². The van der Waals surface area contributed by atoms with Gasteiger partial charge in [-0.1, -0.05) is 0 Å². The van der Waals surface area contributed by atoms with E-state index in [-0.39, 0.29) is 29.6 Å². The molecule has 4 N–H and O–H groups in total. The third-order valence-corrected chi connectivity index (χ3v) is 0.485. The van der Waals surface area contributed by atoms with Crippen LogP contribution >= 0.6 is 0 Å². The maximum Gasteiger partial charge on any atom is 1.00 e. The molecule has 52 valence electrons. The Hall–Kier alpha value is -0.390. The van der Waals surface area contributed by atoms with Gasteiger partial charge in [0, 0.05) is 0 Å². The van der Waals surface area contributed by atoms with Crippen molar-refractivity contribution in [1.29, 1.82) is 0 Å². The quantitative estimate of drug-likeness (QED) is 0.242.